The van der Waals surface area contributed by atoms with Crippen molar-refractivity contribution in [3.8, 4) is 0 Å². The van der Waals surface area contributed by atoms with Gasteiger partial charge in [-0.1, -0.05) is 0 Å². The second-order valence-electron chi connectivity index (χ2n) is 1.60. The number of hydrogen-bond donors (Lipinski definition) is 0. The van der Waals surface area contributed by atoms with E-state index in [0.29, 0.717) is 11.9 Å². The van der Waals surface area contributed by atoms with Crippen LogP contribution in [0, 0.1) is 0 Å². The van der Waals surface area contributed by atoms with Crippen molar-refractivity contribution >= 4 is 47.5 Å². The van der Waals surface area contributed by atoms with Gasteiger partial charge in [-0.2, -0.15) is 0 Å². The van der Waals surface area contributed by atoms with Gasteiger partial charge in [0.2, 0.25) is 0 Å². The van der Waals surface area contributed by atoms with Gasteiger partial charge in [-0.15, -0.1) is 0 Å². The quantitative estimate of drug-likeness (QED) is 0.606. The van der Waals surface area contributed by atoms with E-state index in [4.69, 9.17) is 11.6 Å². The number of hydrogen-bond acceptors (Lipinski definition) is 0. The molecule has 0 heterocycles. The van der Waals surface area contributed by atoms with Gasteiger partial charge in [-0.05, 0) is 0 Å². The standard InChI is InChI=1S/C6H5ClSe.Mg/c7-5-1-3-6(8)4-2-5;/h1-4,8H;/q;+2/p-1. The molecule has 0 amide bonds. The van der Waals surface area contributed by atoms with Gasteiger partial charge in [-0.25, -0.2) is 0 Å². The van der Waals surface area contributed by atoms with Crippen molar-refractivity contribution < 1.29 is 0 Å². The monoisotopic (exact) mass is 215 g/mol. The molecule has 0 unspecified atom stereocenters. The molecular weight excluding hydrogens is 211 g/mol. The second-order valence-corrected chi connectivity index (χ2v) is 5.13. The second kappa shape index (κ2) is 3.84. The van der Waals surface area contributed by atoms with Crippen molar-refractivity contribution in [2.75, 3.05) is 0 Å². The Morgan fingerprint density at radius 1 is 1.22 bits per heavy atom. The zero-order valence-electron chi connectivity index (χ0n) is 4.80. The molecule has 0 bridgehead atoms. The van der Waals surface area contributed by atoms with Crippen LogP contribution in [-0.4, -0.2) is 31.4 Å². The van der Waals surface area contributed by atoms with Crippen LogP contribution in [0.15, 0.2) is 24.3 Å². The molecule has 0 nitrogen and oxygen atoms in total. The summed E-state index contributed by atoms with van der Waals surface area (Å²) in [5, 5.41) is 0.825. The molecule has 0 aliphatic rings. The van der Waals surface area contributed by atoms with Crippen LogP contribution in [0.1, 0.15) is 0 Å². The Morgan fingerprint density at radius 3 is 2.22 bits per heavy atom. The Kier molecular flexibility index (Phi) is 3.37. The molecule has 1 rings (SSSR count). The third-order valence-electron chi connectivity index (χ3n) is 0.980. The predicted molar refractivity (Wildman–Crippen MR) is 42.6 cm³/mol. The fourth-order valence-electron chi connectivity index (χ4n) is 0.531. The van der Waals surface area contributed by atoms with E-state index in [2.05, 4.69) is 12.1 Å². The molecule has 42 valence electrons. The van der Waals surface area contributed by atoms with Crippen molar-refractivity contribution in [1.29, 1.82) is 0 Å². The molecule has 0 radical (unpaired) electrons. The first kappa shape index (κ1) is 7.90. The van der Waals surface area contributed by atoms with E-state index < -0.39 is 0 Å². The van der Waals surface area contributed by atoms with Gasteiger partial charge in [0.1, 0.15) is 0 Å². The first-order valence-corrected chi connectivity index (χ1v) is 7.95. The molecule has 0 aromatic heterocycles. The normalized spacial score (nSPS) is 9.67. The molecule has 0 saturated carbocycles. The molecule has 0 spiro atoms. The van der Waals surface area contributed by atoms with Crippen LogP contribution < -0.4 is 4.46 Å². The summed E-state index contributed by atoms with van der Waals surface area (Å²) in [4.78, 5) is 0. The molecule has 0 aliphatic heterocycles. The van der Waals surface area contributed by atoms with E-state index in [-0.39, 0.29) is 0 Å². The molecular formula is C6H4ClMgSe+. The van der Waals surface area contributed by atoms with Gasteiger partial charge in [0, 0.05) is 0 Å². The molecule has 9 heavy (non-hydrogen) atoms. The molecule has 0 saturated heterocycles. The van der Waals surface area contributed by atoms with Gasteiger partial charge in [0.15, 0.2) is 0 Å². The first-order valence-electron chi connectivity index (χ1n) is 2.50. The van der Waals surface area contributed by atoms with Crippen molar-refractivity contribution in [3.05, 3.63) is 29.3 Å². The zero-order chi connectivity index (χ0) is 6.69. The van der Waals surface area contributed by atoms with Gasteiger partial charge >= 0.3 is 76.8 Å². The average molecular weight is 215 g/mol. The minimum atomic E-state index is 0.630. The summed E-state index contributed by atoms with van der Waals surface area (Å²) in [5.74, 6) is 0. The molecule has 0 atom stereocenters. The van der Waals surface area contributed by atoms with E-state index in [1.807, 2.05) is 31.6 Å². The van der Waals surface area contributed by atoms with Gasteiger partial charge in [0.05, 0.1) is 0 Å². The minimum absolute atomic E-state index is 0.630. The third kappa shape index (κ3) is 2.48. The van der Waals surface area contributed by atoms with Crippen LogP contribution in [0.2, 0.25) is 5.02 Å². The summed E-state index contributed by atoms with van der Waals surface area (Å²) in [7, 11) is 0. The van der Waals surface area contributed by atoms with Crippen LogP contribution in [0.3, 0.4) is 0 Å². The van der Waals surface area contributed by atoms with Crippen molar-refractivity contribution in [2.24, 2.45) is 0 Å². The summed E-state index contributed by atoms with van der Waals surface area (Å²) in [6, 6.07) is 8.03. The molecule has 1 aromatic carbocycles. The van der Waals surface area contributed by atoms with E-state index in [1.54, 1.807) is 0 Å². The maximum atomic E-state index is 5.68. The number of halogens is 1. The molecule has 1 aromatic rings. The Morgan fingerprint density at radius 2 is 1.78 bits per heavy atom. The fraction of sp³-hybridized carbons (Fsp3) is 0. The summed E-state index contributed by atoms with van der Waals surface area (Å²) in [6.07, 6.45) is 0. The van der Waals surface area contributed by atoms with Crippen LogP contribution in [0.5, 0.6) is 0 Å². The number of benzene rings is 1. The third-order valence-corrected chi connectivity index (χ3v) is 4.23. The van der Waals surface area contributed by atoms with Crippen LogP contribution in [-0.2, 0) is 0 Å². The van der Waals surface area contributed by atoms with E-state index in [0.717, 1.165) is 5.02 Å². The van der Waals surface area contributed by atoms with E-state index in [9.17, 15) is 0 Å². The van der Waals surface area contributed by atoms with Crippen LogP contribution >= 0.6 is 11.6 Å². The molecule has 3 heteroatoms. The van der Waals surface area contributed by atoms with Crippen molar-refractivity contribution in [1.82, 2.24) is 0 Å². The van der Waals surface area contributed by atoms with Crippen LogP contribution in [0.25, 0.3) is 0 Å². The zero-order valence-corrected chi connectivity index (χ0v) is 8.69. The number of rotatable bonds is 1. The topological polar surface area (TPSA) is 0 Å². The summed E-state index contributed by atoms with van der Waals surface area (Å²) in [6.45, 7) is 0. The summed E-state index contributed by atoms with van der Waals surface area (Å²) >= 11 is 8.32. The average Bonchev–Trinajstić information content (AvgIpc) is 1.90. The predicted octanol–water partition coefficient (Wildman–Crippen LogP) is 0.753. The SMILES string of the molecule is [Mg+][Se]c1ccc(Cl)cc1. The molecule has 0 fully saturated rings. The Bertz CT molecular complexity index is 185. The van der Waals surface area contributed by atoms with Crippen molar-refractivity contribution in [3.63, 3.8) is 0 Å². The van der Waals surface area contributed by atoms with Crippen LogP contribution in [0.4, 0.5) is 0 Å². The Balaban J connectivity index is 2.88. The van der Waals surface area contributed by atoms with E-state index in [1.165, 1.54) is 4.46 Å². The fourth-order valence-corrected chi connectivity index (χ4v) is 2.35. The summed E-state index contributed by atoms with van der Waals surface area (Å²) in [5.41, 5.74) is 0. The van der Waals surface area contributed by atoms with Gasteiger partial charge in [0.25, 0.3) is 0 Å². The first-order chi connectivity index (χ1) is 4.33. The Hall–Kier alpha value is 0.796. The Labute approximate surface area is 76.3 Å². The van der Waals surface area contributed by atoms with Gasteiger partial charge in [-0.3, -0.25) is 0 Å². The summed E-state index contributed by atoms with van der Waals surface area (Å²) < 4.78 is 1.41. The maximum absolute atomic E-state index is 5.68. The molecule has 0 N–H and O–H groups in total. The molecule has 0 aliphatic carbocycles. The van der Waals surface area contributed by atoms with E-state index >= 15 is 0 Å². The van der Waals surface area contributed by atoms with Crippen molar-refractivity contribution in [2.45, 2.75) is 0 Å². The van der Waals surface area contributed by atoms with Gasteiger partial charge < -0.3 is 0 Å².